The fourth-order valence-electron chi connectivity index (χ4n) is 3.55. The summed E-state index contributed by atoms with van der Waals surface area (Å²) in [7, 11) is 3.27. The number of H-pyrrole nitrogens is 1. The van der Waals surface area contributed by atoms with E-state index in [4.69, 9.17) is 19.9 Å². The Morgan fingerprint density at radius 1 is 1.13 bits per heavy atom. The minimum atomic E-state index is 0.177. The van der Waals surface area contributed by atoms with Crippen LogP contribution in [-0.4, -0.2) is 33.7 Å². The minimum absolute atomic E-state index is 0.177. The van der Waals surface area contributed by atoms with E-state index in [1.807, 2.05) is 28.8 Å². The molecule has 0 aliphatic heterocycles. The van der Waals surface area contributed by atoms with Crippen molar-refractivity contribution in [2.24, 2.45) is 0 Å². The van der Waals surface area contributed by atoms with Crippen molar-refractivity contribution in [2.45, 2.75) is 35.9 Å². The summed E-state index contributed by atoms with van der Waals surface area (Å²) in [6, 6.07) is 16.1. The van der Waals surface area contributed by atoms with E-state index >= 15 is 0 Å². The van der Waals surface area contributed by atoms with Gasteiger partial charge in [0, 0.05) is 12.5 Å². The standard InChI is InChI=1S/C23H25N5O2S/c1-4-15(16-8-6-5-7-9-16)13-28-14-25-21(24)20-22(28)27-23(26-20)31-19-12-17(29-2)10-11-18(19)30-3/h5-12,14-15,24H,4,13H2,1-3H3,(H,26,27). The largest absolute Gasteiger partial charge is 0.497 e. The predicted octanol–water partition coefficient (Wildman–Crippen LogP) is 4.60. The number of methoxy groups -OCH3 is 2. The molecular weight excluding hydrogens is 410 g/mol. The highest BCUT2D eigenvalue weighted by atomic mass is 32.2. The van der Waals surface area contributed by atoms with Crippen LogP contribution in [0, 0.1) is 5.41 Å². The summed E-state index contributed by atoms with van der Waals surface area (Å²) in [6.45, 7) is 2.92. The molecule has 2 heterocycles. The quantitative estimate of drug-likeness (QED) is 0.422. The first kappa shape index (κ1) is 21.0. The lowest BCUT2D eigenvalue weighted by Gasteiger charge is -2.17. The van der Waals surface area contributed by atoms with E-state index in [0.29, 0.717) is 16.6 Å². The second kappa shape index (κ2) is 9.26. The molecule has 1 unspecified atom stereocenters. The maximum absolute atomic E-state index is 8.24. The van der Waals surface area contributed by atoms with Gasteiger partial charge in [-0.1, -0.05) is 37.3 Å². The molecule has 0 saturated carbocycles. The zero-order chi connectivity index (χ0) is 21.8. The zero-order valence-corrected chi connectivity index (χ0v) is 18.6. The fraction of sp³-hybridized carbons (Fsp3) is 0.261. The van der Waals surface area contributed by atoms with Crippen molar-refractivity contribution in [1.82, 2.24) is 19.5 Å². The maximum atomic E-state index is 8.24. The molecule has 4 rings (SSSR count). The normalized spacial score (nSPS) is 12.1. The first-order valence-electron chi connectivity index (χ1n) is 10.1. The van der Waals surface area contributed by atoms with E-state index in [1.165, 1.54) is 17.3 Å². The van der Waals surface area contributed by atoms with Gasteiger partial charge in [-0.2, -0.15) is 0 Å². The molecule has 31 heavy (non-hydrogen) atoms. The summed E-state index contributed by atoms with van der Waals surface area (Å²) < 4.78 is 12.9. The zero-order valence-electron chi connectivity index (χ0n) is 17.8. The van der Waals surface area contributed by atoms with Crippen molar-refractivity contribution in [3.05, 3.63) is 65.9 Å². The van der Waals surface area contributed by atoms with Crippen molar-refractivity contribution < 1.29 is 9.47 Å². The smallest absolute Gasteiger partial charge is 0.173 e. The van der Waals surface area contributed by atoms with E-state index in [-0.39, 0.29) is 5.49 Å². The monoisotopic (exact) mass is 435 g/mol. The summed E-state index contributed by atoms with van der Waals surface area (Å²) >= 11 is 1.44. The van der Waals surface area contributed by atoms with Gasteiger partial charge in [-0.25, -0.2) is 9.97 Å². The summed E-state index contributed by atoms with van der Waals surface area (Å²) in [4.78, 5) is 13.2. The van der Waals surface area contributed by atoms with Crippen molar-refractivity contribution in [3.63, 3.8) is 0 Å². The Hall–Kier alpha value is -3.26. The second-order valence-corrected chi connectivity index (χ2v) is 8.15. The van der Waals surface area contributed by atoms with Crippen molar-refractivity contribution in [2.75, 3.05) is 14.2 Å². The molecule has 8 heteroatoms. The van der Waals surface area contributed by atoms with Crippen molar-refractivity contribution in [3.8, 4) is 11.5 Å². The van der Waals surface area contributed by atoms with Gasteiger partial charge in [0.1, 0.15) is 17.0 Å². The molecule has 1 atom stereocenters. The first-order valence-corrected chi connectivity index (χ1v) is 10.9. The van der Waals surface area contributed by atoms with E-state index in [1.54, 1.807) is 20.5 Å². The fourth-order valence-corrected chi connectivity index (χ4v) is 4.47. The molecule has 7 nitrogen and oxygen atoms in total. The van der Waals surface area contributed by atoms with E-state index in [0.717, 1.165) is 35.0 Å². The van der Waals surface area contributed by atoms with Crippen molar-refractivity contribution in [1.29, 1.82) is 5.41 Å². The van der Waals surface area contributed by atoms with Gasteiger partial charge in [0.15, 0.2) is 16.3 Å². The molecule has 0 radical (unpaired) electrons. The molecule has 0 aliphatic rings. The molecule has 0 spiro atoms. The highest BCUT2D eigenvalue weighted by Gasteiger charge is 2.16. The Bertz CT molecular complexity index is 1240. The third-order valence-electron chi connectivity index (χ3n) is 5.26. The molecule has 0 fully saturated rings. The van der Waals surface area contributed by atoms with Crippen LogP contribution in [0.4, 0.5) is 0 Å². The van der Waals surface area contributed by atoms with Gasteiger partial charge in [-0.3, -0.25) is 5.41 Å². The predicted molar refractivity (Wildman–Crippen MR) is 121 cm³/mol. The van der Waals surface area contributed by atoms with Crippen LogP contribution in [-0.2, 0) is 6.54 Å². The maximum Gasteiger partial charge on any atom is 0.173 e. The molecule has 4 aromatic rings. The number of nitrogens with one attached hydrogen (secondary N) is 2. The number of rotatable bonds is 8. The topological polar surface area (TPSA) is 88.8 Å². The lowest BCUT2D eigenvalue weighted by Crippen LogP contribution is -2.16. The van der Waals surface area contributed by atoms with Gasteiger partial charge in [-0.05, 0) is 41.9 Å². The van der Waals surface area contributed by atoms with Crippen LogP contribution in [0.15, 0.2) is 64.9 Å². The Balaban J connectivity index is 1.70. The van der Waals surface area contributed by atoms with Crippen LogP contribution in [0.25, 0.3) is 11.2 Å². The Morgan fingerprint density at radius 3 is 2.65 bits per heavy atom. The number of nitrogens with zero attached hydrogens (tertiary/aromatic N) is 3. The number of hydrogen-bond donors (Lipinski definition) is 2. The number of fused-ring (bicyclic) bond motifs is 1. The SMILES string of the molecule is CCC(Cn1cnc(=N)c2[nH]c(Sc3cc(OC)ccc3OC)nc21)c1ccccc1. The number of imidazole rings is 1. The molecule has 2 aromatic carbocycles. The van der Waals surface area contributed by atoms with Gasteiger partial charge in [-0.15, -0.1) is 0 Å². The third-order valence-corrected chi connectivity index (χ3v) is 6.18. The van der Waals surface area contributed by atoms with E-state index in [2.05, 4.69) is 41.2 Å². The molecule has 0 aliphatic carbocycles. The molecule has 2 aromatic heterocycles. The van der Waals surface area contributed by atoms with Gasteiger partial charge in [0.2, 0.25) is 0 Å². The van der Waals surface area contributed by atoms with Crippen LogP contribution in [0.5, 0.6) is 11.5 Å². The Kier molecular flexibility index (Phi) is 6.27. The number of hydrogen-bond acceptors (Lipinski definition) is 6. The summed E-state index contributed by atoms with van der Waals surface area (Å²) in [5, 5.41) is 8.91. The Labute approximate surface area is 185 Å². The first-order chi connectivity index (χ1) is 15.1. The molecule has 0 bridgehead atoms. The van der Waals surface area contributed by atoms with Gasteiger partial charge in [0.05, 0.1) is 25.4 Å². The van der Waals surface area contributed by atoms with E-state index < -0.39 is 0 Å². The van der Waals surface area contributed by atoms with Crippen LogP contribution in [0.2, 0.25) is 0 Å². The average Bonchev–Trinajstić information content (AvgIpc) is 3.24. The average molecular weight is 436 g/mol. The van der Waals surface area contributed by atoms with Crippen LogP contribution >= 0.6 is 11.8 Å². The van der Waals surface area contributed by atoms with Gasteiger partial charge >= 0.3 is 0 Å². The van der Waals surface area contributed by atoms with Gasteiger partial charge < -0.3 is 19.0 Å². The molecule has 0 amide bonds. The Morgan fingerprint density at radius 2 is 1.94 bits per heavy atom. The van der Waals surface area contributed by atoms with Gasteiger partial charge in [0.25, 0.3) is 0 Å². The second-order valence-electron chi connectivity index (χ2n) is 7.12. The molecule has 160 valence electrons. The van der Waals surface area contributed by atoms with Crippen LogP contribution in [0.3, 0.4) is 0 Å². The number of aromatic amines is 1. The third kappa shape index (κ3) is 4.44. The lowest BCUT2D eigenvalue weighted by molar-refractivity contribution is 0.394. The minimum Gasteiger partial charge on any atom is -0.497 e. The molecule has 0 saturated heterocycles. The summed E-state index contributed by atoms with van der Waals surface area (Å²) in [5.41, 5.74) is 2.80. The highest BCUT2D eigenvalue weighted by molar-refractivity contribution is 7.99. The van der Waals surface area contributed by atoms with Crippen LogP contribution in [0.1, 0.15) is 24.8 Å². The molecular formula is C23H25N5O2S. The van der Waals surface area contributed by atoms with E-state index in [9.17, 15) is 0 Å². The number of benzene rings is 2. The van der Waals surface area contributed by atoms with Crippen LogP contribution < -0.4 is 15.0 Å². The summed E-state index contributed by atoms with van der Waals surface area (Å²) in [5.74, 6) is 1.81. The number of aromatic nitrogens is 4. The van der Waals surface area contributed by atoms with Crippen molar-refractivity contribution >= 4 is 22.9 Å². The molecule has 2 N–H and O–H groups in total. The number of ether oxygens (including phenoxy) is 2. The lowest BCUT2D eigenvalue weighted by atomic mass is 9.96. The highest BCUT2D eigenvalue weighted by Crippen LogP contribution is 2.36. The summed E-state index contributed by atoms with van der Waals surface area (Å²) in [6.07, 6.45) is 2.70.